The zero-order valence-electron chi connectivity index (χ0n) is 14.9. The first-order valence-electron chi connectivity index (χ1n) is 8.05. The largest absolute Gasteiger partial charge is 0.417 e. The van der Waals surface area contributed by atoms with Crippen LogP contribution in [0.5, 0.6) is 0 Å². The topological polar surface area (TPSA) is 33.3 Å². The summed E-state index contributed by atoms with van der Waals surface area (Å²) in [5, 5.41) is 7.00. The third-order valence-electron chi connectivity index (χ3n) is 4.20. The molecule has 2 N–H and O–H groups in total. The van der Waals surface area contributed by atoms with E-state index in [1.807, 2.05) is 13.8 Å². The van der Waals surface area contributed by atoms with E-state index in [1.54, 1.807) is 0 Å². The highest BCUT2D eigenvalue weighted by Gasteiger charge is 2.36. The Hall–Kier alpha value is -0.483. The molecule has 0 amide bonds. The number of nitrogens with one attached hydrogen (secondary N) is 2. The molecular weight excluding hydrogens is 264 g/mol. The molecule has 0 atom stereocenters. The van der Waals surface area contributed by atoms with Gasteiger partial charge in [0.1, 0.15) is 0 Å². The molecule has 0 spiro atoms. The molecule has 4 heteroatoms. The Balaban J connectivity index is 0.00000172. The molecule has 0 saturated carbocycles. The van der Waals surface area contributed by atoms with Crippen molar-refractivity contribution in [2.45, 2.75) is 78.9 Å². The quantitative estimate of drug-likeness (QED) is 0.556. The van der Waals surface area contributed by atoms with Crippen molar-refractivity contribution in [3.8, 4) is 0 Å². The van der Waals surface area contributed by atoms with Crippen molar-refractivity contribution in [2.24, 2.45) is 0 Å². The Morgan fingerprint density at radius 2 is 1.70 bits per heavy atom. The van der Waals surface area contributed by atoms with Crippen molar-refractivity contribution >= 4 is 8.32 Å². The zero-order chi connectivity index (χ0) is 15.8. The molecule has 0 aromatic rings. The first-order valence-corrected chi connectivity index (χ1v) is 11.0. The number of hydrogen-bond acceptors (Lipinski definition) is 3. The summed E-state index contributed by atoms with van der Waals surface area (Å²) in [4.78, 5) is 0. The average molecular weight is 301 g/mol. The molecular formula is C16H36N2OSi. The first-order chi connectivity index (χ1) is 9.24. The van der Waals surface area contributed by atoms with Crippen LogP contribution in [-0.4, -0.2) is 21.6 Å². The van der Waals surface area contributed by atoms with Crippen molar-refractivity contribution in [3.63, 3.8) is 0 Å². The minimum Gasteiger partial charge on any atom is -0.417 e. The van der Waals surface area contributed by atoms with Crippen LogP contribution < -0.4 is 10.6 Å². The van der Waals surface area contributed by atoms with Crippen molar-refractivity contribution in [2.75, 3.05) is 13.3 Å². The van der Waals surface area contributed by atoms with Gasteiger partial charge in [-0.05, 0) is 44.3 Å². The highest BCUT2D eigenvalue weighted by molar-refractivity contribution is 6.74. The van der Waals surface area contributed by atoms with Gasteiger partial charge in [0.25, 0.3) is 0 Å². The van der Waals surface area contributed by atoms with Crippen molar-refractivity contribution < 1.29 is 4.43 Å². The second kappa shape index (κ2) is 8.73. The van der Waals surface area contributed by atoms with Gasteiger partial charge in [-0.1, -0.05) is 34.6 Å². The lowest BCUT2D eigenvalue weighted by molar-refractivity contribution is 0.279. The summed E-state index contributed by atoms with van der Waals surface area (Å²) in [6.45, 7) is 19.5. The lowest BCUT2D eigenvalue weighted by atomic mass is 10.2. The van der Waals surface area contributed by atoms with Crippen LogP contribution in [-0.2, 0) is 4.43 Å². The lowest BCUT2D eigenvalue weighted by Crippen LogP contribution is -2.40. The molecule has 0 bridgehead atoms. The van der Waals surface area contributed by atoms with E-state index in [9.17, 15) is 0 Å². The Kier molecular flexibility index (Phi) is 8.52. The summed E-state index contributed by atoms with van der Waals surface area (Å²) in [6.07, 6.45) is 3.50. The summed E-state index contributed by atoms with van der Waals surface area (Å²) in [7, 11) is -1.54. The number of unbranched alkanes of at least 4 members (excludes halogenated alkanes) is 1. The molecule has 0 aromatic carbocycles. The van der Waals surface area contributed by atoms with E-state index in [0.717, 1.165) is 26.1 Å². The number of rotatable bonds is 6. The van der Waals surface area contributed by atoms with E-state index in [2.05, 4.69) is 51.4 Å². The maximum Gasteiger partial charge on any atom is 0.191 e. The smallest absolute Gasteiger partial charge is 0.191 e. The number of allylic oxidation sites excluding steroid dienone is 2. The van der Waals surface area contributed by atoms with E-state index in [0.29, 0.717) is 5.04 Å². The average Bonchev–Trinajstić information content (AvgIpc) is 2.76. The number of hydrogen-bond donors (Lipinski definition) is 2. The highest BCUT2D eigenvalue weighted by Crippen LogP contribution is 2.36. The van der Waals surface area contributed by atoms with Crippen LogP contribution in [0.2, 0.25) is 18.1 Å². The standard InChI is InChI=1S/C14H30N2OSi.C2H6/c1-12-13(16-11-15-12)9-7-8-10-17-18(5,6)14(2,3)4;1-2/h15-16H,7-11H2,1-6H3;1-2H3. The normalized spacial score (nSPS) is 15.4. The molecule has 0 aliphatic carbocycles. The monoisotopic (exact) mass is 300 g/mol. The summed E-state index contributed by atoms with van der Waals surface area (Å²) < 4.78 is 6.17. The fourth-order valence-electron chi connectivity index (χ4n) is 1.75. The molecule has 120 valence electrons. The predicted octanol–water partition coefficient (Wildman–Crippen LogP) is 4.59. The second-order valence-corrected chi connectivity index (χ2v) is 11.5. The van der Waals surface area contributed by atoms with Crippen LogP contribution in [0.25, 0.3) is 0 Å². The van der Waals surface area contributed by atoms with E-state index < -0.39 is 8.32 Å². The maximum absolute atomic E-state index is 6.17. The molecule has 1 heterocycles. The van der Waals surface area contributed by atoms with Gasteiger partial charge in [0.2, 0.25) is 0 Å². The Bertz CT molecular complexity index is 306. The highest BCUT2D eigenvalue weighted by atomic mass is 28.4. The summed E-state index contributed by atoms with van der Waals surface area (Å²) in [5.41, 5.74) is 2.68. The van der Waals surface area contributed by atoms with Gasteiger partial charge in [0.15, 0.2) is 8.32 Å². The molecule has 0 fully saturated rings. The van der Waals surface area contributed by atoms with Gasteiger partial charge in [0.05, 0.1) is 6.67 Å². The molecule has 0 aromatic heterocycles. The van der Waals surface area contributed by atoms with Crippen molar-refractivity contribution in [1.29, 1.82) is 0 Å². The summed E-state index contributed by atoms with van der Waals surface area (Å²) in [6, 6.07) is 0. The SMILES string of the molecule is CC.CC1=C(CCCCO[Si](C)(C)C(C)(C)C)NCN1. The van der Waals surface area contributed by atoms with E-state index in [4.69, 9.17) is 4.43 Å². The van der Waals surface area contributed by atoms with Crippen molar-refractivity contribution in [1.82, 2.24) is 10.6 Å². The van der Waals surface area contributed by atoms with Crippen LogP contribution in [0.1, 0.15) is 60.8 Å². The molecule has 0 radical (unpaired) electrons. The Morgan fingerprint density at radius 3 is 2.15 bits per heavy atom. The van der Waals surface area contributed by atoms with Gasteiger partial charge < -0.3 is 15.1 Å². The second-order valence-electron chi connectivity index (χ2n) is 6.70. The van der Waals surface area contributed by atoms with Gasteiger partial charge in [-0.25, -0.2) is 0 Å². The molecule has 1 rings (SSSR count). The van der Waals surface area contributed by atoms with Crippen LogP contribution in [0.3, 0.4) is 0 Å². The van der Waals surface area contributed by atoms with Crippen LogP contribution in [0.4, 0.5) is 0 Å². The fourth-order valence-corrected chi connectivity index (χ4v) is 2.83. The third-order valence-corrected chi connectivity index (χ3v) is 8.74. The molecule has 20 heavy (non-hydrogen) atoms. The van der Waals surface area contributed by atoms with Gasteiger partial charge in [-0.3, -0.25) is 0 Å². The van der Waals surface area contributed by atoms with Gasteiger partial charge >= 0.3 is 0 Å². The third kappa shape index (κ3) is 6.31. The molecule has 1 aliphatic rings. The van der Waals surface area contributed by atoms with Gasteiger partial charge in [-0.2, -0.15) is 0 Å². The molecule has 3 nitrogen and oxygen atoms in total. The minimum atomic E-state index is -1.54. The van der Waals surface area contributed by atoms with E-state index >= 15 is 0 Å². The lowest BCUT2D eigenvalue weighted by Gasteiger charge is -2.36. The van der Waals surface area contributed by atoms with Crippen LogP contribution >= 0.6 is 0 Å². The molecule has 0 saturated heterocycles. The van der Waals surface area contributed by atoms with Crippen LogP contribution in [0, 0.1) is 0 Å². The maximum atomic E-state index is 6.17. The Morgan fingerprint density at radius 1 is 1.10 bits per heavy atom. The van der Waals surface area contributed by atoms with Crippen LogP contribution in [0.15, 0.2) is 11.4 Å². The van der Waals surface area contributed by atoms with Gasteiger partial charge in [0, 0.05) is 18.0 Å². The minimum absolute atomic E-state index is 0.322. The molecule has 1 aliphatic heterocycles. The Labute approximate surface area is 127 Å². The van der Waals surface area contributed by atoms with Gasteiger partial charge in [-0.15, -0.1) is 0 Å². The first kappa shape index (κ1) is 19.5. The van der Waals surface area contributed by atoms with E-state index in [1.165, 1.54) is 17.8 Å². The van der Waals surface area contributed by atoms with Crippen molar-refractivity contribution in [3.05, 3.63) is 11.4 Å². The predicted molar refractivity (Wildman–Crippen MR) is 92.2 cm³/mol. The fraction of sp³-hybridized carbons (Fsp3) is 0.875. The zero-order valence-corrected chi connectivity index (χ0v) is 15.9. The molecule has 0 unspecified atom stereocenters. The summed E-state index contributed by atoms with van der Waals surface area (Å²) >= 11 is 0. The summed E-state index contributed by atoms with van der Waals surface area (Å²) in [5.74, 6) is 0. The van der Waals surface area contributed by atoms with E-state index in [-0.39, 0.29) is 0 Å².